The highest BCUT2D eigenvalue weighted by atomic mass is 16.5. The van der Waals surface area contributed by atoms with Crippen LogP contribution in [0.3, 0.4) is 0 Å². The number of ether oxygens (including phenoxy) is 1. The van der Waals surface area contributed by atoms with Gasteiger partial charge < -0.3 is 10.2 Å². The van der Waals surface area contributed by atoms with Gasteiger partial charge in [-0.05, 0) is 13.3 Å². The van der Waals surface area contributed by atoms with Crippen molar-refractivity contribution in [2.75, 3.05) is 12.0 Å². The van der Waals surface area contributed by atoms with Crippen LogP contribution in [0, 0.1) is 0 Å². The molecule has 2 aromatic rings. The first kappa shape index (κ1) is 13.3. The molecule has 0 amide bonds. The average molecular weight is 262 g/mol. The Morgan fingerprint density at radius 2 is 2.21 bits per heavy atom. The molecule has 0 bridgehead atoms. The highest BCUT2D eigenvalue weighted by molar-refractivity contribution is 5.51. The molecule has 0 radical (unpaired) electrons. The summed E-state index contributed by atoms with van der Waals surface area (Å²) in [6.07, 6.45) is 6.71. The molecule has 0 unspecified atom stereocenters. The van der Waals surface area contributed by atoms with Gasteiger partial charge in [-0.3, -0.25) is 0 Å². The summed E-state index contributed by atoms with van der Waals surface area (Å²) in [5.74, 6) is 7.54. The molecular formula is C12H18N6O. The van der Waals surface area contributed by atoms with E-state index in [4.69, 9.17) is 10.6 Å². The van der Waals surface area contributed by atoms with Crippen molar-refractivity contribution in [3.8, 4) is 11.6 Å². The van der Waals surface area contributed by atoms with Gasteiger partial charge in [-0.15, -0.1) is 0 Å². The maximum absolute atomic E-state index is 5.49. The minimum atomic E-state index is 0.604. The van der Waals surface area contributed by atoms with E-state index in [1.54, 1.807) is 17.1 Å². The number of nitrogens with zero attached hydrogens (tertiary/aromatic N) is 4. The molecule has 0 aliphatic heterocycles. The van der Waals surface area contributed by atoms with Crippen molar-refractivity contribution in [1.29, 1.82) is 0 Å². The predicted octanol–water partition coefficient (Wildman–Crippen LogP) is 1.30. The summed E-state index contributed by atoms with van der Waals surface area (Å²) in [7, 11) is 0. The maximum Gasteiger partial charge on any atom is 0.162 e. The zero-order valence-electron chi connectivity index (χ0n) is 11.1. The van der Waals surface area contributed by atoms with Crippen molar-refractivity contribution in [2.24, 2.45) is 5.84 Å². The van der Waals surface area contributed by atoms with Gasteiger partial charge >= 0.3 is 0 Å². The zero-order valence-corrected chi connectivity index (χ0v) is 11.1. The molecule has 0 aliphatic rings. The Labute approximate surface area is 111 Å². The van der Waals surface area contributed by atoms with Crippen LogP contribution in [-0.4, -0.2) is 26.4 Å². The van der Waals surface area contributed by atoms with E-state index in [9.17, 15) is 0 Å². The molecule has 7 heteroatoms. The Kier molecular flexibility index (Phi) is 4.30. The molecule has 0 spiro atoms. The fourth-order valence-corrected chi connectivity index (χ4v) is 1.87. The van der Waals surface area contributed by atoms with Gasteiger partial charge in [0, 0.05) is 5.56 Å². The average Bonchev–Trinajstić information content (AvgIpc) is 2.88. The van der Waals surface area contributed by atoms with Crippen molar-refractivity contribution in [1.82, 2.24) is 19.7 Å². The fraction of sp³-hybridized carbons (Fsp3) is 0.417. The Morgan fingerprint density at radius 1 is 1.37 bits per heavy atom. The Morgan fingerprint density at radius 3 is 2.89 bits per heavy atom. The largest absolute Gasteiger partial charge is 0.491 e. The summed E-state index contributed by atoms with van der Waals surface area (Å²) in [4.78, 5) is 8.41. The standard InChI is InChI=1S/C12H18N6O/c1-3-5-10-11(17-13)14-8-15-12(10)18-7-9(6-16-18)19-4-2/h6-8H,3-5,13H2,1-2H3,(H,14,15,17). The first-order chi connectivity index (χ1) is 9.30. The lowest BCUT2D eigenvalue weighted by molar-refractivity contribution is 0.340. The highest BCUT2D eigenvalue weighted by Gasteiger charge is 2.13. The number of nitrogens with one attached hydrogen (secondary N) is 1. The quantitative estimate of drug-likeness (QED) is 0.602. The lowest BCUT2D eigenvalue weighted by atomic mass is 10.1. The first-order valence-electron chi connectivity index (χ1n) is 6.28. The lowest BCUT2D eigenvalue weighted by Crippen LogP contribution is -2.14. The Hall–Kier alpha value is -2.15. The Balaban J connectivity index is 2.41. The van der Waals surface area contributed by atoms with Gasteiger partial charge in [-0.2, -0.15) is 5.10 Å². The van der Waals surface area contributed by atoms with Crippen LogP contribution in [0.1, 0.15) is 25.8 Å². The molecule has 19 heavy (non-hydrogen) atoms. The van der Waals surface area contributed by atoms with Crippen LogP contribution in [0.15, 0.2) is 18.7 Å². The van der Waals surface area contributed by atoms with E-state index in [1.807, 2.05) is 6.92 Å². The molecule has 0 fully saturated rings. The van der Waals surface area contributed by atoms with Crippen molar-refractivity contribution in [3.05, 3.63) is 24.3 Å². The van der Waals surface area contributed by atoms with E-state index in [0.717, 1.165) is 24.2 Å². The summed E-state index contributed by atoms with van der Waals surface area (Å²) < 4.78 is 7.08. The van der Waals surface area contributed by atoms with Gasteiger partial charge in [0.1, 0.15) is 12.1 Å². The highest BCUT2D eigenvalue weighted by Crippen LogP contribution is 2.21. The second kappa shape index (κ2) is 6.14. The number of hydrazine groups is 1. The summed E-state index contributed by atoms with van der Waals surface area (Å²) in [5, 5.41) is 4.26. The van der Waals surface area contributed by atoms with Gasteiger partial charge in [-0.1, -0.05) is 13.3 Å². The number of aromatic nitrogens is 4. The molecule has 0 aliphatic carbocycles. The van der Waals surface area contributed by atoms with Crippen LogP contribution in [0.25, 0.3) is 5.82 Å². The molecule has 102 valence electrons. The third kappa shape index (κ3) is 2.82. The van der Waals surface area contributed by atoms with Crippen LogP contribution in [0.5, 0.6) is 5.75 Å². The van der Waals surface area contributed by atoms with E-state index in [-0.39, 0.29) is 0 Å². The van der Waals surface area contributed by atoms with E-state index in [2.05, 4.69) is 27.4 Å². The number of nitrogen functional groups attached to an aromatic ring is 1. The van der Waals surface area contributed by atoms with Crippen molar-refractivity contribution in [2.45, 2.75) is 26.7 Å². The van der Waals surface area contributed by atoms with E-state index >= 15 is 0 Å². The smallest absolute Gasteiger partial charge is 0.162 e. The molecule has 0 atom stereocenters. The molecule has 2 heterocycles. The number of anilines is 1. The Bertz CT molecular complexity index is 539. The number of nitrogens with two attached hydrogens (primary N) is 1. The van der Waals surface area contributed by atoms with Crippen LogP contribution in [-0.2, 0) is 6.42 Å². The van der Waals surface area contributed by atoms with Gasteiger partial charge in [0.15, 0.2) is 11.6 Å². The third-order valence-electron chi connectivity index (χ3n) is 2.65. The lowest BCUT2D eigenvalue weighted by Gasteiger charge is -2.11. The molecule has 0 saturated heterocycles. The minimum Gasteiger partial charge on any atom is -0.491 e. The zero-order chi connectivity index (χ0) is 13.7. The first-order valence-corrected chi connectivity index (χ1v) is 6.28. The number of hydrogen-bond donors (Lipinski definition) is 2. The second-order valence-electron chi connectivity index (χ2n) is 3.97. The van der Waals surface area contributed by atoms with Crippen LogP contribution in [0.4, 0.5) is 5.82 Å². The monoisotopic (exact) mass is 262 g/mol. The third-order valence-corrected chi connectivity index (χ3v) is 2.65. The van der Waals surface area contributed by atoms with E-state index in [0.29, 0.717) is 18.2 Å². The fourth-order valence-electron chi connectivity index (χ4n) is 1.87. The summed E-state index contributed by atoms with van der Waals surface area (Å²) in [6, 6.07) is 0. The minimum absolute atomic E-state index is 0.604. The maximum atomic E-state index is 5.49. The molecule has 0 saturated carbocycles. The van der Waals surface area contributed by atoms with Gasteiger partial charge in [0.25, 0.3) is 0 Å². The molecule has 0 aromatic carbocycles. The molecular weight excluding hydrogens is 244 g/mol. The van der Waals surface area contributed by atoms with Gasteiger partial charge in [-0.25, -0.2) is 20.5 Å². The van der Waals surface area contributed by atoms with Gasteiger partial charge in [0.2, 0.25) is 0 Å². The van der Waals surface area contributed by atoms with E-state index < -0.39 is 0 Å². The number of rotatable bonds is 6. The summed E-state index contributed by atoms with van der Waals surface area (Å²) in [5.41, 5.74) is 3.54. The van der Waals surface area contributed by atoms with E-state index in [1.165, 1.54) is 6.33 Å². The summed E-state index contributed by atoms with van der Waals surface area (Å²) >= 11 is 0. The molecule has 2 aromatic heterocycles. The van der Waals surface area contributed by atoms with Crippen molar-refractivity contribution >= 4 is 5.82 Å². The molecule has 3 N–H and O–H groups in total. The van der Waals surface area contributed by atoms with Crippen LogP contribution < -0.4 is 16.0 Å². The molecule has 7 nitrogen and oxygen atoms in total. The second-order valence-corrected chi connectivity index (χ2v) is 3.97. The van der Waals surface area contributed by atoms with Crippen molar-refractivity contribution in [3.63, 3.8) is 0 Å². The topological polar surface area (TPSA) is 90.9 Å². The van der Waals surface area contributed by atoms with Crippen molar-refractivity contribution < 1.29 is 4.74 Å². The summed E-state index contributed by atoms with van der Waals surface area (Å²) in [6.45, 7) is 4.62. The van der Waals surface area contributed by atoms with Crippen LogP contribution in [0.2, 0.25) is 0 Å². The number of hydrogen-bond acceptors (Lipinski definition) is 6. The van der Waals surface area contributed by atoms with Gasteiger partial charge in [0.05, 0.1) is 19.0 Å². The predicted molar refractivity (Wildman–Crippen MR) is 72.1 cm³/mol. The normalized spacial score (nSPS) is 10.5. The SMILES string of the molecule is CCCc1c(NN)ncnc1-n1cc(OCC)cn1. The van der Waals surface area contributed by atoms with Crippen LogP contribution >= 0.6 is 0 Å². The molecule has 2 rings (SSSR count).